The summed E-state index contributed by atoms with van der Waals surface area (Å²) in [7, 11) is 0. The molecule has 74 valence electrons. The van der Waals surface area contributed by atoms with Gasteiger partial charge in [0.1, 0.15) is 0 Å². The van der Waals surface area contributed by atoms with Crippen LogP contribution >= 0.6 is 0 Å². The van der Waals surface area contributed by atoms with Crippen molar-refractivity contribution in [2.24, 2.45) is 5.92 Å². The van der Waals surface area contributed by atoms with Crippen LogP contribution in [-0.4, -0.2) is 17.0 Å². The highest BCUT2D eigenvalue weighted by molar-refractivity contribution is 5.07. The molecule has 0 saturated carbocycles. The first kappa shape index (κ1) is 9.11. The molecule has 0 spiro atoms. The molecule has 2 heterocycles. The van der Waals surface area contributed by atoms with Crippen molar-refractivity contribution in [1.29, 1.82) is 0 Å². The Balaban J connectivity index is 2.10. The molecule has 0 aromatic rings. The maximum Gasteiger partial charge on any atom is 0.0290 e. The molecule has 2 unspecified atom stereocenters. The molecule has 2 aliphatic rings. The molecule has 2 atom stereocenters. The molecule has 1 heteroatoms. The summed E-state index contributed by atoms with van der Waals surface area (Å²) < 4.78 is 0. The van der Waals surface area contributed by atoms with Gasteiger partial charge in [0.05, 0.1) is 0 Å². The second-order valence-electron chi connectivity index (χ2n) is 4.87. The maximum atomic E-state index is 4.24. The van der Waals surface area contributed by atoms with Crippen molar-refractivity contribution < 1.29 is 0 Å². The van der Waals surface area contributed by atoms with Gasteiger partial charge < -0.3 is 4.90 Å². The van der Waals surface area contributed by atoms with Crippen LogP contribution in [-0.2, 0) is 0 Å². The van der Waals surface area contributed by atoms with Crippen LogP contribution in [0.15, 0.2) is 12.3 Å². The Bertz CT molecular complexity index is 191. The summed E-state index contributed by atoms with van der Waals surface area (Å²) >= 11 is 0. The minimum Gasteiger partial charge on any atom is -0.369 e. The molecule has 2 fully saturated rings. The summed E-state index contributed by atoms with van der Waals surface area (Å²) in [6, 6.07) is 1.68. The van der Waals surface area contributed by atoms with Crippen molar-refractivity contribution in [3.8, 4) is 0 Å². The van der Waals surface area contributed by atoms with E-state index in [2.05, 4.69) is 25.3 Å². The Morgan fingerprint density at radius 3 is 2.15 bits per heavy atom. The van der Waals surface area contributed by atoms with E-state index < -0.39 is 0 Å². The van der Waals surface area contributed by atoms with E-state index in [4.69, 9.17) is 0 Å². The van der Waals surface area contributed by atoms with Crippen LogP contribution in [0.5, 0.6) is 0 Å². The third-order valence-electron chi connectivity index (χ3n) is 3.69. The molecule has 2 saturated heterocycles. The first-order valence-electron chi connectivity index (χ1n) is 5.67. The normalized spacial score (nSPS) is 32.7. The zero-order valence-corrected chi connectivity index (χ0v) is 8.92. The molecule has 2 bridgehead atoms. The zero-order chi connectivity index (χ0) is 9.42. The molecular weight excluding hydrogens is 158 g/mol. The fourth-order valence-corrected chi connectivity index (χ4v) is 2.88. The van der Waals surface area contributed by atoms with Crippen molar-refractivity contribution >= 4 is 0 Å². The predicted octanol–water partition coefficient (Wildman–Crippen LogP) is 3.17. The number of allylic oxidation sites excluding steroid dienone is 1. The highest BCUT2D eigenvalue weighted by Gasteiger charge is 2.37. The van der Waals surface area contributed by atoms with Gasteiger partial charge in [0.2, 0.25) is 0 Å². The van der Waals surface area contributed by atoms with Crippen molar-refractivity contribution in [3.63, 3.8) is 0 Å². The number of rotatable bonds is 2. The van der Waals surface area contributed by atoms with E-state index in [1.54, 1.807) is 0 Å². The van der Waals surface area contributed by atoms with Gasteiger partial charge in [0.15, 0.2) is 0 Å². The molecule has 0 radical (unpaired) electrons. The number of piperidine rings is 1. The highest BCUT2D eigenvalue weighted by Crippen LogP contribution is 2.39. The smallest absolute Gasteiger partial charge is 0.0290 e. The Hall–Kier alpha value is -0.460. The van der Waals surface area contributed by atoms with Crippen molar-refractivity contribution in [2.75, 3.05) is 0 Å². The van der Waals surface area contributed by atoms with Gasteiger partial charge in [-0.25, -0.2) is 0 Å². The molecule has 0 aromatic heterocycles. The quantitative estimate of drug-likeness (QED) is 0.629. The van der Waals surface area contributed by atoms with Crippen LogP contribution in [0.1, 0.15) is 46.0 Å². The first-order valence-corrected chi connectivity index (χ1v) is 5.67. The highest BCUT2D eigenvalue weighted by atomic mass is 15.2. The molecule has 2 rings (SSSR count). The standard InChI is InChI=1S/C12H21N/c1-9(2)10(3)13-11-5-4-6-12(13)8-7-11/h9,11-12H,3-8H2,1-2H3. The largest absolute Gasteiger partial charge is 0.369 e. The summed E-state index contributed by atoms with van der Waals surface area (Å²) in [4.78, 5) is 2.63. The monoisotopic (exact) mass is 179 g/mol. The van der Waals surface area contributed by atoms with Gasteiger partial charge in [-0.1, -0.05) is 20.4 Å². The van der Waals surface area contributed by atoms with Gasteiger partial charge in [-0.3, -0.25) is 0 Å². The minimum absolute atomic E-state index is 0.626. The average molecular weight is 179 g/mol. The summed E-state index contributed by atoms with van der Waals surface area (Å²) in [5.74, 6) is 0.626. The maximum absolute atomic E-state index is 4.24. The van der Waals surface area contributed by atoms with Gasteiger partial charge >= 0.3 is 0 Å². The molecule has 0 N–H and O–H groups in total. The van der Waals surface area contributed by atoms with E-state index in [1.807, 2.05) is 0 Å². The molecule has 2 aliphatic heterocycles. The zero-order valence-electron chi connectivity index (χ0n) is 8.92. The van der Waals surface area contributed by atoms with Crippen LogP contribution < -0.4 is 0 Å². The van der Waals surface area contributed by atoms with Gasteiger partial charge in [-0.15, -0.1) is 0 Å². The Kier molecular flexibility index (Phi) is 2.35. The van der Waals surface area contributed by atoms with Gasteiger partial charge in [0.25, 0.3) is 0 Å². The van der Waals surface area contributed by atoms with E-state index in [-0.39, 0.29) is 0 Å². The average Bonchev–Trinajstić information content (AvgIpc) is 2.34. The summed E-state index contributed by atoms with van der Waals surface area (Å²) in [6.07, 6.45) is 7.08. The van der Waals surface area contributed by atoms with Crippen molar-refractivity contribution in [2.45, 2.75) is 58.0 Å². The van der Waals surface area contributed by atoms with Crippen molar-refractivity contribution in [3.05, 3.63) is 12.3 Å². The molecule has 0 aromatic carbocycles. The van der Waals surface area contributed by atoms with Crippen molar-refractivity contribution in [1.82, 2.24) is 4.90 Å². The predicted molar refractivity (Wildman–Crippen MR) is 56.5 cm³/mol. The molecule has 0 aliphatic carbocycles. The molecule has 1 nitrogen and oxygen atoms in total. The van der Waals surface area contributed by atoms with E-state index in [0.717, 1.165) is 12.1 Å². The lowest BCUT2D eigenvalue weighted by Crippen LogP contribution is -2.39. The third-order valence-corrected chi connectivity index (χ3v) is 3.69. The summed E-state index contributed by atoms with van der Waals surface area (Å²) in [5.41, 5.74) is 1.38. The number of nitrogens with zero attached hydrogens (tertiary/aromatic N) is 1. The van der Waals surface area contributed by atoms with Gasteiger partial charge in [-0.05, 0) is 38.0 Å². The lowest BCUT2D eigenvalue weighted by atomic mass is 9.99. The Labute approximate surface area is 81.8 Å². The third kappa shape index (κ3) is 1.49. The fourth-order valence-electron chi connectivity index (χ4n) is 2.88. The molecule has 13 heavy (non-hydrogen) atoms. The van der Waals surface area contributed by atoms with Gasteiger partial charge in [-0.2, -0.15) is 0 Å². The van der Waals surface area contributed by atoms with E-state index >= 15 is 0 Å². The van der Waals surface area contributed by atoms with Crippen LogP contribution in [0.2, 0.25) is 0 Å². The van der Waals surface area contributed by atoms with E-state index in [0.29, 0.717) is 5.92 Å². The first-order chi connectivity index (χ1) is 6.20. The van der Waals surface area contributed by atoms with Crippen LogP contribution in [0, 0.1) is 5.92 Å². The second kappa shape index (κ2) is 3.36. The lowest BCUT2D eigenvalue weighted by Gasteiger charge is -2.39. The van der Waals surface area contributed by atoms with E-state index in [9.17, 15) is 0 Å². The van der Waals surface area contributed by atoms with Crippen LogP contribution in [0.3, 0.4) is 0 Å². The van der Waals surface area contributed by atoms with Crippen LogP contribution in [0.25, 0.3) is 0 Å². The summed E-state index contributed by atoms with van der Waals surface area (Å²) in [5, 5.41) is 0. The van der Waals surface area contributed by atoms with Crippen LogP contribution in [0.4, 0.5) is 0 Å². The topological polar surface area (TPSA) is 3.24 Å². The van der Waals surface area contributed by atoms with Gasteiger partial charge in [0, 0.05) is 17.8 Å². The number of hydrogen-bond donors (Lipinski definition) is 0. The Morgan fingerprint density at radius 2 is 1.69 bits per heavy atom. The lowest BCUT2D eigenvalue weighted by molar-refractivity contribution is 0.172. The fraction of sp³-hybridized carbons (Fsp3) is 0.833. The second-order valence-corrected chi connectivity index (χ2v) is 4.87. The molecule has 0 amide bonds. The number of fused-ring (bicyclic) bond motifs is 2. The number of hydrogen-bond acceptors (Lipinski definition) is 1. The SMILES string of the molecule is C=C(C(C)C)N1C2CCCC1CC2. The minimum atomic E-state index is 0.626. The molecular formula is C12H21N. The van der Waals surface area contributed by atoms with E-state index in [1.165, 1.54) is 37.8 Å². The Morgan fingerprint density at radius 1 is 1.15 bits per heavy atom. The summed E-state index contributed by atoms with van der Waals surface area (Å²) in [6.45, 7) is 8.77.